The van der Waals surface area contributed by atoms with Crippen LogP contribution < -0.4 is 5.73 Å². The Morgan fingerprint density at radius 3 is 2.81 bits per heavy atom. The van der Waals surface area contributed by atoms with E-state index in [9.17, 15) is 8.42 Å². The van der Waals surface area contributed by atoms with E-state index >= 15 is 0 Å². The summed E-state index contributed by atoms with van der Waals surface area (Å²) in [5, 5.41) is 12.0. The van der Waals surface area contributed by atoms with Crippen molar-refractivity contribution in [3.63, 3.8) is 0 Å². The van der Waals surface area contributed by atoms with Crippen LogP contribution in [0, 0.1) is 11.3 Å². The van der Waals surface area contributed by atoms with Crippen LogP contribution in [0.25, 0.3) is 5.78 Å². The minimum Gasteiger partial charge on any atom is -0.382 e. The topological polar surface area (TPSA) is 127 Å². The van der Waals surface area contributed by atoms with Crippen molar-refractivity contribution in [3.8, 4) is 6.07 Å². The Kier molecular flexibility index (Phi) is 2.02. The van der Waals surface area contributed by atoms with Gasteiger partial charge in [0.2, 0.25) is 9.84 Å². The van der Waals surface area contributed by atoms with Crippen molar-refractivity contribution in [2.75, 3.05) is 12.0 Å². The van der Waals surface area contributed by atoms with Gasteiger partial charge in [-0.2, -0.15) is 14.8 Å². The van der Waals surface area contributed by atoms with E-state index in [0.717, 1.165) is 10.8 Å². The highest BCUT2D eigenvalue weighted by Gasteiger charge is 2.17. The van der Waals surface area contributed by atoms with Crippen LogP contribution >= 0.6 is 0 Å². The number of sulfone groups is 1. The van der Waals surface area contributed by atoms with Gasteiger partial charge in [-0.05, 0) is 0 Å². The summed E-state index contributed by atoms with van der Waals surface area (Å²) in [4.78, 5) is 7.45. The maximum absolute atomic E-state index is 11.2. The molecule has 9 heteroatoms. The molecule has 0 aliphatic carbocycles. The number of nitrogens with two attached hydrogens (primary N) is 1. The maximum atomic E-state index is 11.2. The Labute approximate surface area is 90.3 Å². The van der Waals surface area contributed by atoms with E-state index in [4.69, 9.17) is 11.0 Å². The molecule has 0 radical (unpaired) electrons. The molecule has 0 spiro atoms. The minimum absolute atomic E-state index is 0.00917. The Balaban J connectivity index is 2.83. The number of hydrogen-bond acceptors (Lipinski definition) is 7. The zero-order valence-electron chi connectivity index (χ0n) is 8.12. The molecule has 2 heterocycles. The summed E-state index contributed by atoms with van der Waals surface area (Å²) in [7, 11) is -3.52. The summed E-state index contributed by atoms with van der Waals surface area (Å²) < 4.78 is 23.4. The Hall–Kier alpha value is -2.21. The first-order chi connectivity index (χ1) is 7.43. The SMILES string of the molecule is CS(=O)(=O)c1nc2ncc(C#N)c(N)n2n1. The molecule has 0 fully saturated rings. The molecule has 0 saturated heterocycles. The smallest absolute Gasteiger partial charge is 0.268 e. The number of anilines is 1. The fourth-order valence-electron chi connectivity index (χ4n) is 1.08. The van der Waals surface area contributed by atoms with E-state index in [1.807, 2.05) is 6.07 Å². The Morgan fingerprint density at radius 2 is 2.25 bits per heavy atom. The normalized spacial score (nSPS) is 11.5. The molecule has 0 unspecified atom stereocenters. The summed E-state index contributed by atoms with van der Waals surface area (Å²) in [5.74, 6) is 0.0480. The molecule has 0 bridgehead atoms. The number of nitriles is 1. The molecule has 2 rings (SSSR count). The number of hydrogen-bond donors (Lipinski definition) is 1. The second kappa shape index (κ2) is 3.14. The van der Waals surface area contributed by atoms with Crippen LogP contribution in [-0.2, 0) is 9.84 Å². The predicted octanol–water partition coefficient (Wildman–Crippen LogP) is -1.02. The molecule has 82 valence electrons. The molecular weight excluding hydrogens is 232 g/mol. The summed E-state index contributed by atoms with van der Waals surface area (Å²) in [6.45, 7) is 0. The lowest BCUT2D eigenvalue weighted by Gasteiger charge is -1.97. The van der Waals surface area contributed by atoms with Crippen LogP contribution in [0.4, 0.5) is 5.82 Å². The zero-order valence-corrected chi connectivity index (χ0v) is 8.93. The van der Waals surface area contributed by atoms with Crippen LogP contribution in [0.3, 0.4) is 0 Å². The first-order valence-electron chi connectivity index (χ1n) is 4.05. The summed E-state index contributed by atoms with van der Waals surface area (Å²) in [6, 6.07) is 1.81. The van der Waals surface area contributed by atoms with E-state index in [2.05, 4.69) is 15.1 Å². The van der Waals surface area contributed by atoms with Gasteiger partial charge in [-0.3, -0.25) is 0 Å². The van der Waals surface area contributed by atoms with Crippen LogP contribution in [0.5, 0.6) is 0 Å². The number of nitrogen functional groups attached to an aromatic ring is 1. The number of aromatic nitrogens is 4. The molecule has 0 atom stereocenters. The third kappa shape index (κ3) is 1.45. The van der Waals surface area contributed by atoms with Gasteiger partial charge in [-0.25, -0.2) is 13.4 Å². The van der Waals surface area contributed by atoms with Gasteiger partial charge in [0, 0.05) is 6.26 Å². The standard InChI is InChI=1S/C7H6N6O2S/c1-16(14,15)7-11-6-10-3-4(2-8)5(9)13(6)12-7/h3H,9H2,1H3. The summed E-state index contributed by atoms with van der Waals surface area (Å²) >= 11 is 0. The summed E-state index contributed by atoms with van der Waals surface area (Å²) in [5.41, 5.74) is 5.70. The number of fused-ring (bicyclic) bond motifs is 1. The summed E-state index contributed by atoms with van der Waals surface area (Å²) in [6.07, 6.45) is 2.19. The van der Waals surface area contributed by atoms with E-state index in [-0.39, 0.29) is 22.3 Å². The monoisotopic (exact) mass is 238 g/mol. The zero-order chi connectivity index (χ0) is 11.9. The Bertz CT molecular complexity index is 710. The first kappa shape index (κ1) is 10.3. The molecule has 2 aromatic rings. The van der Waals surface area contributed by atoms with Crippen LogP contribution in [0.1, 0.15) is 5.56 Å². The predicted molar refractivity (Wildman–Crippen MR) is 53.0 cm³/mol. The van der Waals surface area contributed by atoms with Gasteiger partial charge >= 0.3 is 0 Å². The van der Waals surface area contributed by atoms with E-state index in [1.54, 1.807) is 0 Å². The van der Waals surface area contributed by atoms with Gasteiger partial charge in [0.25, 0.3) is 10.9 Å². The van der Waals surface area contributed by atoms with Crippen LogP contribution in [0.2, 0.25) is 0 Å². The molecule has 0 aliphatic heterocycles. The lowest BCUT2D eigenvalue weighted by atomic mass is 10.3. The highest BCUT2D eigenvalue weighted by molar-refractivity contribution is 7.90. The van der Waals surface area contributed by atoms with Gasteiger partial charge in [0.05, 0.1) is 6.20 Å². The van der Waals surface area contributed by atoms with Crippen molar-refractivity contribution in [2.45, 2.75) is 5.16 Å². The Morgan fingerprint density at radius 1 is 1.56 bits per heavy atom. The average molecular weight is 238 g/mol. The largest absolute Gasteiger partial charge is 0.382 e. The fraction of sp³-hybridized carbons (Fsp3) is 0.143. The average Bonchev–Trinajstić information content (AvgIpc) is 2.62. The molecule has 8 nitrogen and oxygen atoms in total. The molecule has 0 aromatic carbocycles. The second-order valence-electron chi connectivity index (χ2n) is 3.05. The van der Waals surface area contributed by atoms with E-state index in [1.165, 1.54) is 6.20 Å². The third-order valence-electron chi connectivity index (χ3n) is 1.84. The van der Waals surface area contributed by atoms with E-state index < -0.39 is 9.84 Å². The highest BCUT2D eigenvalue weighted by Crippen LogP contribution is 2.12. The first-order valence-corrected chi connectivity index (χ1v) is 5.94. The maximum Gasteiger partial charge on any atom is 0.268 e. The van der Waals surface area contributed by atoms with Crippen molar-refractivity contribution in [3.05, 3.63) is 11.8 Å². The molecule has 2 aromatic heterocycles. The molecule has 0 saturated carbocycles. The minimum atomic E-state index is -3.52. The van der Waals surface area contributed by atoms with Gasteiger partial charge < -0.3 is 5.73 Å². The molecular formula is C7H6N6O2S. The quantitative estimate of drug-likeness (QED) is 0.673. The molecule has 2 N–H and O–H groups in total. The lowest BCUT2D eigenvalue weighted by Crippen LogP contribution is -2.04. The van der Waals surface area contributed by atoms with E-state index in [0.29, 0.717) is 0 Å². The van der Waals surface area contributed by atoms with Gasteiger partial charge in [0.1, 0.15) is 17.5 Å². The third-order valence-corrected chi connectivity index (χ3v) is 2.67. The van der Waals surface area contributed by atoms with Crippen molar-refractivity contribution in [1.29, 1.82) is 5.26 Å². The van der Waals surface area contributed by atoms with Gasteiger partial charge in [0.15, 0.2) is 0 Å². The number of rotatable bonds is 1. The second-order valence-corrected chi connectivity index (χ2v) is 4.96. The number of nitrogens with zero attached hydrogens (tertiary/aromatic N) is 5. The van der Waals surface area contributed by atoms with Gasteiger partial charge in [-0.15, -0.1) is 5.10 Å². The van der Waals surface area contributed by atoms with Crippen LogP contribution in [0.15, 0.2) is 11.4 Å². The molecule has 0 amide bonds. The van der Waals surface area contributed by atoms with Crippen molar-refractivity contribution in [1.82, 2.24) is 19.6 Å². The van der Waals surface area contributed by atoms with Crippen molar-refractivity contribution in [2.24, 2.45) is 0 Å². The highest BCUT2D eigenvalue weighted by atomic mass is 32.2. The van der Waals surface area contributed by atoms with Gasteiger partial charge in [-0.1, -0.05) is 0 Å². The van der Waals surface area contributed by atoms with Crippen molar-refractivity contribution < 1.29 is 8.42 Å². The molecule has 16 heavy (non-hydrogen) atoms. The fourth-order valence-corrected chi connectivity index (χ4v) is 1.55. The van der Waals surface area contributed by atoms with Crippen molar-refractivity contribution >= 4 is 21.4 Å². The lowest BCUT2D eigenvalue weighted by molar-refractivity contribution is 0.593. The van der Waals surface area contributed by atoms with Crippen LogP contribution in [-0.4, -0.2) is 34.3 Å². The molecule has 0 aliphatic rings.